The SMILES string of the molecule is Cc1ccc(-n2ncc3c2ncn2c(-c4ccccc4C)nnc32)cc1Cl. The molecule has 2 aromatic carbocycles. The lowest BCUT2D eigenvalue weighted by Gasteiger charge is -2.06. The Hall–Kier alpha value is -3.25. The molecule has 0 saturated carbocycles. The van der Waals surface area contributed by atoms with Crippen LogP contribution in [0.4, 0.5) is 0 Å². The molecule has 5 rings (SSSR count). The van der Waals surface area contributed by atoms with Crippen molar-refractivity contribution in [2.24, 2.45) is 0 Å². The summed E-state index contributed by atoms with van der Waals surface area (Å²) in [5.41, 5.74) is 5.48. The van der Waals surface area contributed by atoms with Gasteiger partial charge in [0.05, 0.1) is 17.3 Å². The van der Waals surface area contributed by atoms with Crippen molar-refractivity contribution < 1.29 is 0 Å². The third-order valence-corrected chi connectivity index (χ3v) is 5.17. The molecule has 0 radical (unpaired) electrons. The first-order valence-electron chi connectivity index (χ1n) is 8.53. The molecule has 0 fully saturated rings. The Morgan fingerprint density at radius 3 is 2.59 bits per heavy atom. The largest absolute Gasteiger partial charge is 0.265 e. The minimum Gasteiger partial charge on any atom is -0.265 e. The first kappa shape index (κ1) is 16.0. The van der Waals surface area contributed by atoms with Crippen LogP contribution in [-0.4, -0.2) is 29.4 Å². The van der Waals surface area contributed by atoms with Crippen LogP contribution in [0.5, 0.6) is 0 Å². The normalized spacial score (nSPS) is 11.5. The van der Waals surface area contributed by atoms with Crippen LogP contribution in [0.2, 0.25) is 5.02 Å². The van der Waals surface area contributed by atoms with Gasteiger partial charge in [-0.3, -0.25) is 4.40 Å². The number of halogens is 1. The molecule has 132 valence electrons. The average Bonchev–Trinajstić information content (AvgIpc) is 3.28. The molecule has 3 aromatic heterocycles. The number of hydrogen-bond donors (Lipinski definition) is 0. The molecule has 0 atom stereocenters. The van der Waals surface area contributed by atoms with Gasteiger partial charge in [-0.15, -0.1) is 10.2 Å². The van der Waals surface area contributed by atoms with Gasteiger partial charge < -0.3 is 0 Å². The van der Waals surface area contributed by atoms with Gasteiger partial charge in [-0.25, -0.2) is 9.67 Å². The van der Waals surface area contributed by atoms with Gasteiger partial charge in [-0.05, 0) is 37.1 Å². The minimum absolute atomic E-state index is 0.696. The number of fused-ring (bicyclic) bond motifs is 3. The standard InChI is InChI=1S/C20H15ClN6/c1-12-5-3-4-6-15(12)19-24-25-20-16-10-23-27(18(16)22-11-26(19)20)14-8-7-13(2)17(21)9-14/h3-11H,1-2H3. The van der Waals surface area contributed by atoms with Crippen molar-refractivity contribution in [3.05, 3.63) is 71.1 Å². The Balaban J connectivity index is 1.73. The van der Waals surface area contributed by atoms with E-state index in [1.54, 1.807) is 17.2 Å². The van der Waals surface area contributed by atoms with Crippen molar-refractivity contribution >= 4 is 28.3 Å². The molecule has 3 heterocycles. The fraction of sp³-hybridized carbons (Fsp3) is 0.100. The number of nitrogens with zero attached hydrogens (tertiary/aromatic N) is 6. The summed E-state index contributed by atoms with van der Waals surface area (Å²) in [6.07, 6.45) is 3.51. The van der Waals surface area contributed by atoms with Gasteiger partial charge in [0.1, 0.15) is 6.33 Å². The number of aryl methyl sites for hydroxylation is 2. The third kappa shape index (κ3) is 2.41. The van der Waals surface area contributed by atoms with Gasteiger partial charge in [0.15, 0.2) is 17.1 Å². The Bertz CT molecular complexity index is 1320. The van der Waals surface area contributed by atoms with Crippen LogP contribution >= 0.6 is 11.6 Å². The minimum atomic E-state index is 0.696. The lowest BCUT2D eigenvalue weighted by molar-refractivity contribution is 0.893. The zero-order valence-electron chi connectivity index (χ0n) is 14.8. The number of rotatable bonds is 2. The summed E-state index contributed by atoms with van der Waals surface area (Å²) >= 11 is 6.27. The van der Waals surface area contributed by atoms with E-state index in [0.717, 1.165) is 39.2 Å². The highest BCUT2D eigenvalue weighted by molar-refractivity contribution is 6.31. The second-order valence-corrected chi connectivity index (χ2v) is 6.91. The zero-order valence-corrected chi connectivity index (χ0v) is 15.5. The molecule has 0 N–H and O–H groups in total. The van der Waals surface area contributed by atoms with E-state index in [2.05, 4.69) is 33.3 Å². The summed E-state index contributed by atoms with van der Waals surface area (Å²) in [6, 6.07) is 13.9. The maximum atomic E-state index is 6.27. The summed E-state index contributed by atoms with van der Waals surface area (Å²) in [7, 11) is 0. The van der Waals surface area contributed by atoms with Gasteiger partial charge in [-0.1, -0.05) is 41.9 Å². The maximum absolute atomic E-state index is 6.27. The summed E-state index contributed by atoms with van der Waals surface area (Å²) in [5.74, 6) is 0.767. The lowest BCUT2D eigenvalue weighted by Crippen LogP contribution is -1.99. The van der Waals surface area contributed by atoms with Crippen molar-refractivity contribution in [1.82, 2.24) is 29.4 Å². The topological polar surface area (TPSA) is 60.9 Å². The molecule has 0 unspecified atom stereocenters. The molecule has 0 aliphatic heterocycles. The van der Waals surface area contributed by atoms with Crippen molar-refractivity contribution in [2.75, 3.05) is 0 Å². The fourth-order valence-corrected chi connectivity index (χ4v) is 3.41. The van der Waals surface area contributed by atoms with Crippen LogP contribution in [0.1, 0.15) is 11.1 Å². The number of hydrogen-bond acceptors (Lipinski definition) is 4. The first-order valence-corrected chi connectivity index (χ1v) is 8.91. The van der Waals surface area contributed by atoms with E-state index in [4.69, 9.17) is 11.6 Å². The van der Waals surface area contributed by atoms with E-state index in [1.807, 2.05) is 47.7 Å². The quantitative estimate of drug-likeness (QED) is 0.459. The van der Waals surface area contributed by atoms with E-state index in [0.29, 0.717) is 10.7 Å². The predicted molar refractivity (Wildman–Crippen MR) is 105 cm³/mol. The van der Waals surface area contributed by atoms with E-state index < -0.39 is 0 Å². The highest BCUT2D eigenvalue weighted by Gasteiger charge is 2.16. The Kier molecular flexibility index (Phi) is 3.48. The molecular weight excluding hydrogens is 360 g/mol. The molecule has 0 aliphatic rings. The molecule has 27 heavy (non-hydrogen) atoms. The van der Waals surface area contributed by atoms with Gasteiger partial charge in [0, 0.05) is 10.6 Å². The van der Waals surface area contributed by atoms with Crippen LogP contribution < -0.4 is 0 Å². The highest BCUT2D eigenvalue weighted by Crippen LogP contribution is 2.26. The molecule has 7 heteroatoms. The molecule has 0 spiro atoms. The molecular formula is C20H15ClN6. The van der Waals surface area contributed by atoms with Crippen molar-refractivity contribution in [3.8, 4) is 17.1 Å². The second kappa shape index (κ2) is 5.89. The van der Waals surface area contributed by atoms with Crippen molar-refractivity contribution in [2.45, 2.75) is 13.8 Å². The van der Waals surface area contributed by atoms with Gasteiger partial charge in [0.2, 0.25) is 0 Å². The monoisotopic (exact) mass is 374 g/mol. The Morgan fingerprint density at radius 1 is 0.926 bits per heavy atom. The number of benzene rings is 2. The average molecular weight is 375 g/mol. The maximum Gasteiger partial charge on any atom is 0.175 e. The summed E-state index contributed by atoms with van der Waals surface area (Å²) < 4.78 is 3.67. The molecule has 0 saturated heterocycles. The van der Waals surface area contributed by atoms with Crippen LogP contribution in [0.15, 0.2) is 55.0 Å². The Morgan fingerprint density at radius 2 is 1.78 bits per heavy atom. The third-order valence-electron chi connectivity index (χ3n) is 4.76. The second-order valence-electron chi connectivity index (χ2n) is 6.50. The molecule has 6 nitrogen and oxygen atoms in total. The van der Waals surface area contributed by atoms with Crippen molar-refractivity contribution in [1.29, 1.82) is 0 Å². The van der Waals surface area contributed by atoms with Gasteiger partial charge in [0.25, 0.3) is 0 Å². The zero-order chi connectivity index (χ0) is 18.5. The van der Waals surface area contributed by atoms with Crippen LogP contribution in [0, 0.1) is 13.8 Å². The molecule has 0 aliphatic carbocycles. The van der Waals surface area contributed by atoms with Gasteiger partial charge in [-0.2, -0.15) is 5.10 Å². The molecule has 5 aromatic rings. The Labute approximate surface area is 160 Å². The summed E-state index contributed by atoms with van der Waals surface area (Å²) in [6.45, 7) is 4.03. The highest BCUT2D eigenvalue weighted by atomic mass is 35.5. The van der Waals surface area contributed by atoms with Crippen molar-refractivity contribution in [3.63, 3.8) is 0 Å². The fourth-order valence-electron chi connectivity index (χ4n) is 3.23. The molecule has 0 amide bonds. The van der Waals surface area contributed by atoms with Crippen LogP contribution in [0.25, 0.3) is 33.8 Å². The first-order chi connectivity index (χ1) is 13.1. The summed E-state index contributed by atoms with van der Waals surface area (Å²) in [5, 5.41) is 14.8. The van der Waals surface area contributed by atoms with Crippen LogP contribution in [-0.2, 0) is 0 Å². The van der Waals surface area contributed by atoms with E-state index in [1.165, 1.54) is 0 Å². The van der Waals surface area contributed by atoms with E-state index in [9.17, 15) is 0 Å². The van der Waals surface area contributed by atoms with E-state index in [-0.39, 0.29) is 0 Å². The smallest absolute Gasteiger partial charge is 0.175 e. The van der Waals surface area contributed by atoms with Crippen LogP contribution in [0.3, 0.4) is 0 Å². The number of aromatic nitrogens is 6. The van der Waals surface area contributed by atoms with Gasteiger partial charge >= 0.3 is 0 Å². The lowest BCUT2D eigenvalue weighted by atomic mass is 10.1. The van der Waals surface area contributed by atoms with E-state index >= 15 is 0 Å². The molecule has 0 bridgehead atoms. The summed E-state index contributed by atoms with van der Waals surface area (Å²) in [4.78, 5) is 4.63. The predicted octanol–water partition coefficient (Wildman–Crippen LogP) is 4.40.